The Balaban J connectivity index is 2.42. The Kier molecular flexibility index (Phi) is 3.42. The third-order valence-corrected chi connectivity index (χ3v) is 2.31. The second-order valence-corrected chi connectivity index (χ2v) is 3.61. The van der Waals surface area contributed by atoms with Gasteiger partial charge < -0.3 is 14.9 Å². The van der Waals surface area contributed by atoms with Crippen LogP contribution < -0.4 is 4.74 Å². The molecule has 0 unspecified atom stereocenters. The van der Waals surface area contributed by atoms with Crippen molar-refractivity contribution >= 4 is 18.2 Å². The summed E-state index contributed by atoms with van der Waals surface area (Å²) in [6.45, 7) is 0. The zero-order valence-electron chi connectivity index (χ0n) is 9.61. The molecule has 1 aliphatic rings. The maximum Gasteiger partial charge on any atom is 0.339 e. The Labute approximate surface area is 108 Å². The van der Waals surface area contributed by atoms with E-state index >= 15 is 0 Å². The van der Waals surface area contributed by atoms with Crippen LogP contribution in [-0.2, 0) is 9.59 Å². The molecule has 6 heteroatoms. The second-order valence-electron chi connectivity index (χ2n) is 3.61. The summed E-state index contributed by atoms with van der Waals surface area (Å²) >= 11 is 0. The van der Waals surface area contributed by atoms with Crippen LogP contribution in [0.1, 0.15) is 5.56 Å². The Morgan fingerprint density at radius 3 is 2.63 bits per heavy atom. The average Bonchev–Trinajstić information content (AvgIpc) is 2.57. The Morgan fingerprint density at radius 2 is 1.95 bits per heavy atom. The molecular weight excluding hydrogens is 250 g/mol. The highest BCUT2D eigenvalue weighted by Crippen LogP contribution is 2.24. The number of ether oxygens (including phenoxy) is 1. The van der Waals surface area contributed by atoms with Gasteiger partial charge in [-0.25, -0.2) is 9.59 Å². The van der Waals surface area contributed by atoms with Crippen LogP contribution in [0.3, 0.4) is 0 Å². The lowest BCUT2D eigenvalue weighted by atomic mass is 10.2. The highest BCUT2D eigenvalue weighted by Gasteiger charge is 2.19. The molecule has 19 heavy (non-hydrogen) atoms. The minimum atomic E-state index is -1.40. The normalized spacial score (nSPS) is 13.9. The third kappa shape index (κ3) is 2.86. The van der Waals surface area contributed by atoms with Crippen molar-refractivity contribution < 1.29 is 24.5 Å². The smallest absolute Gasteiger partial charge is 0.339 e. The van der Waals surface area contributed by atoms with E-state index in [1.54, 1.807) is 24.3 Å². The van der Waals surface area contributed by atoms with Gasteiger partial charge in [-0.15, -0.1) is 0 Å². The zero-order chi connectivity index (χ0) is 13.8. The maximum atomic E-state index is 11.1. The Bertz CT molecular complexity index is 628. The summed E-state index contributed by atoms with van der Waals surface area (Å²) in [7, 11) is 0. The number of aliphatic carboxylic acids is 2. The quantitative estimate of drug-likeness (QED) is 0.800. The number of carboxylic acid groups (broad SMARTS) is 2. The zero-order valence-corrected chi connectivity index (χ0v) is 9.61. The summed E-state index contributed by atoms with van der Waals surface area (Å²) in [5, 5.41) is 17.7. The lowest BCUT2D eigenvalue weighted by Crippen LogP contribution is -2.10. The molecule has 0 amide bonds. The average molecular weight is 259 g/mol. The van der Waals surface area contributed by atoms with Gasteiger partial charge in [0.1, 0.15) is 11.3 Å². The van der Waals surface area contributed by atoms with Crippen LogP contribution in [0.15, 0.2) is 52.9 Å². The molecule has 0 fully saturated rings. The highest BCUT2D eigenvalue weighted by molar-refractivity contribution is 5.98. The van der Waals surface area contributed by atoms with Gasteiger partial charge in [-0.05, 0) is 12.1 Å². The first-order valence-electron chi connectivity index (χ1n) is 5.26. The van der Waals surface area contributed by atoms with Crippen LogP contribution in [0.5, 0.6) is 5.75 Å². The van der Waals surface area contributed by atoms with Gasteiger partial charge in [0, 0.05) is 17.9 Å². The number of hydrogen-bond acceptors (Lipinski definition) is 4. The van der Waals surface area contributed by atoms with Crippen LogP contribution in [0.2, 0.25) is 0 Å². The molecule has 6 nitrogen and oxygen atoms in total. The van der Waals surface area contributed by atoms with E-state index in [9.17, 15) is 9.59 Å². The SMILES string of the molecule is O=C(O)/C=C(\C(=O)O)C1=CN=Cc2ccccc2O1. The molecule has 0 saturated heterocycles. The van der Waals surface area contributed by atoms with Crippen molar-refractivity contribution in [2.75, 3.05) is 0 Å². The first-order chi connectivity index (χ1) is 9.08. The van der Waals surface area contributed by atoms with Gasteiger partial charge in [-0.1, -0.05) is 12.1 Å². The predicted octanol–water partition coefficient (Wildman–Crippen LogP) is 1.43. The molecule has 2 rings (SSSR count). The van der Waals surface area contributed by atoms with Gasteiger partial charge in [0.25, 0.3) is 0 Å². The number of nitrogens with zero attached hydrogens (tertiary/aromatic N) is 1. The number of fused-ring (bicyclic) bond motifs is 1. The lowest BCUT2D eigenvalue weighted by molar-refractivity contribution is -0.135. The molecule has 0 radical (unpaired) electrons. The van der Waals surface area contributed by atoms with Crippen molar-refractivity contribution in [3.05, 3.63) is 53.4 Å². The van der Waals surface area contributed by atoms with E-state index < -0.39 is 17.5 Å². The van der Waals surface area contributed by atoms with E-state index in [0.29, 0.717) is 17.4 Å². The summed E-state index contributed by atoms with van der Waals surface area (Å²) in [6, 6.07) is 6.89. The predicted molar refractivity (Wildman–Crippen MR) is 66.1 cm³/mol. The van der Waals surface area contributed by atoms with E-state index in [1.807, 2.05) is 0 Å². The van der Waals surface area contributed by atoms with Crippen molar-refractivity contribution in [3.8, 4) is 5.75 Å². The van der Waals surface area contributed by atoms with Gasteiger partial charge in [-0.2, -0.15) is 0 Å². The number of hydrogen-bond donors (Lipinski definition) is 2. The van der Waals surface area contributed by atoms with Crippen molar-refractivity contribution in [3.63, 3.8) is 0 Å². The van der Waals surface area contributed by atoms with E-state index in [2.05, 4.69) is 4.99 Å². The standard InChI is InChI=1S/C13H9NO5/c15-12(16)5-9(13(17)18)11-7-14-6-8-3-1-2-4-10(8)19-11/h1-7H,(H,15,16)(H,17,18)/b9-5-. The summed E-state index contributed by atoms with van der Waals surface area (Å²) in [6.07, 6.45) is 3.24. The molecule has 2 N–H and O–H groups in total. The number of benzene rings is 1. The number of carbonyl (C=O) groups is 2. The number of para-hydroxylation sites is 1. The minimum absolute atomic E-state index is 0.129. The molecule has 1 heterocycles. The molecule has 1 aliphatic heterocycles. The number of carboxylic acids is 2. The fraction of sp³-hybridized carbons (Fsp3) is 0. The fourth-order valence-electron chi connectivity index (χ4n) is 1.50. The molecule has 96 valence electrons. The fourth-order valence-corrected chi connectivity index (χ4v) is 1.50. The van der Waals surface area contributed by atoms with Crippen LogP contribution in [0.4, 0.5) is 0 Å². The topological polar surface area (TPSA) is 96.2 Å². The van der Waals surface area contributed by atoms with Gasteiger partial charge in [0.15, 0.2) is 5.76 Å². The molecule has 0 aromatic heterocycles. The molecule has 1 aromatic carbocycles. The second kappa shape index (κ2) is 5.18. The van der Waals surface area contributed by atoms with Crippen LogP contribution >= 0.6 is 0 Å². The molecule has 0 aliphatic carbocycles. The summed E-state index contributed by atoms with van der Waals surface area (Å²) < 4.78 is 5.40. The van der Waals surface area contributed by atoms with Crippen LogP contribution in [-0.4, -0.2) is 28.4 Å². The highest BCUT2D eigenvalue weighted by atomic mass is 16.5. The molecular formula is C13H9NO5. The van der Waals surface area contributed by atoms with Crippen LogP contribution in [0.25, 0.3) is 0 Å². The largest absolute Gasteiger partial charge is 0.478 e. The Hall–Kier alpha value is -2.89. The van der Waals surface area contributed by atoms with E-state index in [-0.39, 0.29) is 5.76 Å². The summed E-state index contributed by atoms with van der Waals surface area (Å²) in [5.74, 6) is -2.49. The first kappa shape index (κ1) is 12.6. The van der Waals surface area contributed by atoms with Gasteiger partial charge in [0.2, 0.25) is 0 Å². The lowest BCUT2D eigenvalue weighted by Gasteiger charge is -2.09. The minimum Gasteiger partial charge on any atom is -0.478 e. The van der Waals surface area contributed by atoms with E-state index in [1.165, 1.54) is 12.4 Å². The van der Waals surface area contributed by atoms with Crippen molar-refractivity contribution in [2.24, 2.45) is 4.99 Å². The molecule has 0 saturated carbocycles. The maximum absolute atomic E-state index is 11.1. The summed E-state index contributed by atoms with van der Waals surface area (Å²) in [4.78, 5) is 25.6. The molecule has 0 atom stereocenters. The van der Waals surface area contributed by atoms with Crippen molar-refractivity contribution in [1.29, 1.82) is 0 Å². The van der Waals surface area contributed by atoms with Crippen LogP contribution in [0, 0.1) is 0 Å². The van der Waals surface area contributed by atoms with Gasteiger partial charge >= 0.3 is 11.9 Å². The van der Waals surface area contributed by atoms with Gasteiger partial charge in [0.05, 0.1) is 6.20 Å². The Morgan fingerprint density at radius 1 is 1.21 bits per heavy atom. The molecule has 0 spiro atoms. The first-order valence-corrected chi connectivity index (χ1v) is 5.26. The number of aliphatic imine (C=N–C) groups is 1. The number of rotatable bonds is 3. The monoisotopic (exact) mass is 259 g/mol. The van der Waals surface area contributed by atoms with Crippen molar-refractivity contribution in [2.45, 2.75) is 0 Å². The third-order valence-electron chi connectivity index (χ3n) is 2.31. The summed E-state index contributed by atoms with van der Waals surface area (Å²) in [5.41, 5.74) is 0.204. The molecule has 1 aromatic rings. The van der Waals surface area contributed by atoms with Crippen molar-refractivity contribution in [1.82, 2.24) is 0 Å². The van der Waals surface area contributed by atoms with E-state index in [4.69, 9.17) is 14.9 Å². The van der Waals surface area contributed by atoms with E-state index in [0.717, 1.165) is 0 Å². The molecule has 0 bridgehead atoms. The van der Waals surface area contributed by atoms with Gasteiger partial charge in [-0.3, -0.25) is 4.99 Å².